The van der Waals surface area contributed by atoms with Crippen molar-refractivity contribution < 1.29 is 0 Å². The Bertz CT molecular complexity index is 1170. The number of nitrogens with two attached hydrogens (primary N) is 2. The molecule has 0 atom stereocenters. The minimum atomic E-state index is 0.552. The molecular weight excluding hydrogens is 344 g/mol. The Morgan fingerprint density at radius 3 is 1.36 bits per heavy atom. The molecule has 0 spiro atoms. The molecule has 28 heavy (non-hydrogen) atoms. The second-order valence-electron chi connectivity index (χ2n) is 7.19. The first-order valence-corrected chi connectivity index (χ1v) is 9.48. The average Bonchev–Trinajstić information content (AvgIpc) is 3.36. The maximum absolute atomic E-state index is 5.75. The summed E-state index contributed by atoms with van der Waals surface area (Å²) >= 11 is 0. The Morgan fingerprint density at radius 2 is 0.964 bits per heavy atom. The third-order valence-corrected chi connectivity index (χ3v) is 5.35. The van der Waals surface area contributed by atoms with Crippen molar-refractivity contribution in [1.29, 1.82) is 0 Å². The van der Waals surface area contributed by atoms with Crippen LogP contribution < -0.4 is 11.5 Å². The van der Waals surface area contributed by atoms with E-state index in [1.54, 1.807) is 0 Å². The van der Waals surface area contributed by atoms with E-state index in [1.165, 1.54) is 10.8 Å². The van der Waals surface area contributed by atoms with Crippen molar-refractivity contribution >= 4 is 21.8 Å². The van der Waals surface area contributed by atoms with Crippen LogP contribution >= 0.6 is 0 Å². The second kappa shape index (κ2) is 6.68. The van der Waals surface area contributed by atoms with E-state index in [0.29, 0.717) is 13.1 Å². The van der Waals surface area contributed by atoms with Crippen LogP contribution in [0.25, 0.3) is 44.3 Å². The fourth-order valence-electron chi connectivity index (χ4n) is 3.74. The highest BCUT2D eigenvalue weighted by atomic mass is 14.7. The van der Waals surface area contributed by atoms with Crippen LogP contribution in [0.4, 0.5) is 0 Å². The fourth-order valence-corrected chi connectivity index (χ4v) is 3.74. The molecule has 4 nitrogen and oxygen atoms in total. The third kappa shape index (κ3) is 2.89. The smallest absolute Gasteiger partial charge is 0.0464 e. The van der Waals surface area contributed by atoms with E-state index >= 15 is 0 Å². The van der Waals surface area contributed by atoms with E-state index < -0.39 is 0 Å². The van der Waals surface area contributed by atoms with Crippen LogP contribution in [0.2, 0.25) is 0 Å². The van der Waals surface area contributed by atoms with Gasteiger partial charge in [0.1, 0.15) is 0 Å². The summed E-state index contributed by atoms with van der Waals surface area (Å²) in [7, 11) is 0. The highest BCUT2D eigenvalue weighted by Gasteiger charge is 2.07. The molecule has 138 valence electrons. The molecule has 0 saturated carbocycles. The molecule has 0 unspecified atom stereocenters. The lowest BCUT2D eigenvalue weighted by molar-refractivity contribution is 1.07. The van der Waals surface area contributed by atoms with E-state index in [-0.39, 0.29) is 0 Å². The lowest BCUT2D eigenvalue weighted by atomic mass is 10.1. The molecular formula is C24H22N4. The van der Waals surface area contributed by atoms with Crippen molar-refractivity contribution in [3.63, 3.8) is 0 Å². The molecule has 0 bridgehead atoms. The number of benzene rings is 3. The SMILES string of the molecule is NCc1ccc2cc(-c3ccc(-c4cc5ccc(CN)cc5[nH]4)cc3)[nH]c2c1. The number of aromatic amines is 2. The predicted octanol–water partition coefficient (Wildman–Crippen LogP) is 4.90. The average molecular weight is 366 g/mol. The minimum Gasteiger partial charge on any atom is -0.355 e. The van der Waals surface area contributed by atoms with Crippen LogP contribution in [0.1, 0.15) is 11.1 Å². The Hall–Kier alpha value is -3.34. The van der Waals surface area contributed by atoms with Gasteiger partial charge >= 0.3 is 0 Å². The Balaban J connectivity index is 1.48. The van der Waals surface area contributed by atoms with Gasteiger partial charge in [-0.3, -0.25) is 0 Å². The molecule has 0 amide bonds. The number of fused-ring (bicyclic) bond motifs is 2. The van der Waals surface area contributed by atoms with Gasteiger partial charge in [-0.25, -0.2) is 0 Å². The van der Waals surface area contributed by atoms with E-state index in [1.807, 2.05) is 0 Å². The quantitative estimate of drug-likeness (QED) is 0.365. The van der Waals surface area contributed by atoms with E-state index in [9.17, 15) is 0 Å². The number of nitrogens with one attached hydrogen (secondary N) is 2. The van der Waals surface area contributed by atoms with Gasteiger partial charge in [-0.15, -0.1) is 0 Å². The van der Waals surface area contributed by atoms with E-state index in [2.05, 4.69) is 82.8 Å². The fraction of sp³-hybridized carbons (Fsp3) is 0.0833. The van der Waals surface area contributed by atoms with Crippen LogP contribution in [0.15, 0.2) is 72.8 Å². The summed E-state index contributed by atoms with van der Waals surface area (Å²) in [6.45, 7) is 1.10. The van der Waals surface area contributed by atoms with Crippen LogP contribution in [0.5, 0.6) is 0 Å². The highest BCUT2D eigenvalue weighted by Crippen LogP contribution is 2.29. The largest absolute Gasteiger partial charge is 0.355 e. The first-order chi connectivity index (χ1) is 13.7. The van der Waals surface area contributed by atoms with Crippen LogP contribution in [-0.4, -0.2) is 9.97 Å². The highest BCUT2D eigenvalue weighted by molar-refractivity contribution is 5.88. The van der Waals surface area contributed by atoms with E-state index in [4.69, 9.17) is 11.5 Å². The normalized spacial score (nSPS) is 11.5. The van der Waals surface area contributed by atoms with Gasteiger partial charge in [0.25, 0.3) is 0 Å². The van der Waals surface area contributed by atoms with Crippen molar-refractivity contribution in [2.75, 3.05) is 0 Å². The molecule has 3 aromatic carbocycles. The zero-order chi connectivity index (χ0) is 19.1. The van der Waals surface area contributed by atoms with Crippen LogP contribution in [-0.2, 0) is 13.1 Å². The predicted molar refractivity (Wildman–Crippen MR) is 117 cm³/mol. The molecule has 0 aliphatic carbocycles. The van der Waals surface area contributed by atoms with E-state index in [0.717, 1.165) is 44.7 Å². The summed E-state index contributed by atoms with van der Waals surface area (Å²) in [4.78, 5) is 7.01. The van der Waals surface area contributed by atoms with Gasteiger partial charge in [0.2, 0.25) is 0 Å². The monoisotopic (exact) mass is 366 g/mol. The zero-order valence-corrected chi connectivity index (χ0v) is 15.5. The van der Waals surface area contributed by atoms with Gasteiger partial charge < -0.3 is 21.4 Å². The van der Waals surface area contributed by atoms with Gasteiger partial charge in [-0.2, -0.15) is 0 Å². The maximum atomic E-state index is 5.75. The molecule has 2 aromatic heterocycles. The zero-order valence-electron chi connectivity index (χ0n) is 15.5. The van der Waals surface area contributed by atoms with Crippen molar-refractivity contribution in [3.8, 4) is 22.5 Å². The molecule has 0 fully saturated rings. The third-order valence-electron chi connectivity index (χ3n) is 5.35. The Labute approximate surface area is 163 Å². The molecule has 0 radical (unpaired) electrons. The van der Waals surface area contributed by atoms with Crippen molar-refractivity contribution in [2.45, 2.75) is 13.1 Å². The maximum Gasteiger partial charge on any atom is 0.0464 e. The number of hydrogen-bond acceptors (Lipinski definition) is 2. The molecule has 6 N–H and O–H groups in total. The van der Waals surface area contributed by atoms with Crippen molar-refractivity contribution in [2.24, 2.45) is 11.5 Å². The van der Waals surface area contributed by atoms with Gasteiger partial charge in [0.05, 0.1) is 0 Å². The number of H-pyrrole nitrogens is 2. The molecule has 2 heterocycles. The summed E-state index contributed by atoms with van der Waals surface area (Å²) in [6.07, 6.45) is 0. The van der Waals surface area contributed by atoms with Crippen LogP contribution in [0, 0.1) is 0 Å². The molecule has 5 aromatic rings. The van der Waals surface area contributed by atoms with Crippen molar-refractivity contribution in [1.82, 2.24) is 9.97 Å². The first kappa shape index (κ1) is 16.8. The summed E-state index contributed by atoms with van der Waals surface area (Å²) in [5.74, 6) is 0. The Morgan fingerprint density at radius 1 is 0.536 bits per heavy atom. The standard InChI is InChI=1S/C24H22N4/c25-13-15-1-3-19-11-23(27-21(19)9-15)17-5-7-18(8-6-17)24-12-20-4-2-16(14-26)10-22(20)28-24/h1-12,27-28H,13-14,25-26H2. The Kier molecular flexibility index (Phi) is 4.01. The van der Waals surface area contributed by atoms with Gasteiger partial charge in [-0.05, 0) is 46.5 Å². The lowest BCUT2D eigenvalue weighted by Crippen LogP contribution is -1.94. The molecule has 0 aliphatic rings. The number of rotatable bonds is 4. The van der Waals surface area contributed by atoms with Gasteiger partial charge in [0, 0.05) is 46.3 Å². The molecule has 4 heteroatoms. The van der Waals surface area contributed by atoms with Gasteiger partial charge in [0.15, 0.2) is 0 Å². The number of hydrogen-bond donors (Lipinski definition) is 4. The summed E-state index contributed by atoms with van der Waals surface area (Å²) in [6, 6.07) is 25.6. The number of aromatic nitrogens is 2. The minimum absolute atomic E-state index is 0.552. The molecule has 5 rings (SSSR count). The van der Waals surface area contributed by atoms with Crippen molar-refractivity contribution in [3.05, 3.63) is 83.9 Å². The summed E-state index contributed by atoms with van der Waals surface area (Å²) in [5, 5.41) is 2.39. The first-order valence-electron chi connectivity index (χ1n) is 9.48. The second-order valence-corrected chi connectivity index (χ2v) is 7.19. The topological polar surface area (TPSA) is 83.6 Å². The molecule has 0 saturated heterocycles. The molecule has 0 aliphatic heterocycles. The van der Waals surface area contributed by atoms with Crippen LogP contribution in [0.3, 0.4) is 0 Å². The van der Waals surface area contributed by atoms with Gasteiger partial charge in [-0.1, -0.05) is 48.5 Å². The lowest BCUT2D eigenvalue weighted by Gasteiger charge is -2.01. The summed E-state index contributed by atoms with van der Waals surface area (Å²) < 4.78 is 0. The summed E-state index contributed by atoms with van der Waals surface area (Å²) in [5.41, 5.74) is 20.6.